The Bertz CT molecular complexity index is 414. The first-order valence-corrected chi connectivity index (χ1v) is 6.00. The van der Waals surface area contributed by atoms with Gasteiger partial charge in [-0.25, -0.2) is 0 Å². The van der Waals surface area contributed by atoms with Gasteiger partial charge in [0.25, 0.3) is 5.91 Å². The van der Waals surface area contributed by atoms with Crippen LogP contribution in [0.1, 0.15) is 42.2 Å². The Morgan fingerprint density at radius 3 is 2.78 bits per heavy atom. The van der Waals surface area contributed by atoms with Crippen LogP contribution in [0.4, 0.5) is 0 Å². The molecule has 100 valence electrons. The quantitative estimate of drug-likeness (QED) is 0.683. The third kappa shape index (κ3) is 4.57. The van der Waals surface area contributed by atoms with Crippen LogP contribution < -0.4 is 5.32 Å². The zero-order valence-electron chi connectivity index (χ0n) is 10.7. The van der Waals surface area contributed by atoms with E-state index in [0.29, 0.717) is 18.5 Å². The lowest BCUT2D eigenvalue weighted by atomic mass is 10.0. The van der Waals surface area contributed by atoms with E-state index in [0.717, 1.165) is 12.1 Å². The van der Waals surface area contributed by atoms with Gasteiger partial charge in [-0.15, -0.1) is 0 Å². The minimum absolute atomic E-state index is 0.147. The van der Waals surface area contributed by atoms with Crippen molar-refractivity contribution >= 4 is 11.9 Å². The summed E-state index contributed by atoms with van der Waals surface area (Å²) in [5.41, 5.74) is 1.29. The fourth-order valence-corrected chi connectivity index (χ4v) is 1.62. The summed E-state index contributed by atoms with van der Waals surface area (Å²) >= 11 is 0. The summed E-state index contributed by atoms with van der Waals surface area (Å²) in [5.74, 6) is -0.640. The van der Waals surface area contributed by atoms with Crippen LogP contribution in [0, 0.1) is 12.8 Å². The minimum Gasteiger partial charge on any atom is -0.481 e. The van der Waals surface area contributed by atoms with Crippen molar-refractivity contribution in [1.82, 2.24) is 15.5 Å². The number of amides is 1. The number of nitrogens with zero attached hydrogens (tertiary/aromatic N) is 1. The van der Waals surface area contributed by atoms with E-state index in [2.05, 4.69) is 15.5 Å². The average Bonchev–Trinajstić information content (AvgIpc) is 2.72. The number of carbonyl (C=O) groups excluding carboxylic acids is 1. The fraction of sp³-hybridized carbons (Fsp3) is 0.583. The highest BCUT2D eigenvalue weighted by Crippen LogP contribution is 2.09. The third-order valence-corrected chi connectivity index (χ3v) is 2.85. The highest BCUT2D eigenvalue weighted by Gasteiger charge is 2.11. The molecule has 1 aromatic heterocycles. The summed E-state index contributed by atoms with van der Waals surface area (Å²) in [6.07, 6.45) is 3.08. The van der Waals surface area contributed by atoms with Crippen LogP contribution in [-0.2, 0) is 4.79 Å². The lowest BCUT2D eigenvalue weighted by Crippen LogP contribution is -2.26. The zero-order valence-corrected chi connectivity index (χ0v) is 10.7. The number of carboxylic acids is 1. The molecule has 0 saturated heterocycles. The third-order valence-electron chi connectivity index (χ3n) is 2.85. The molecule has 0 fully saturated rings. The molecule has 1 atom stereocenters. The predicted octanol–water partition coefficient (Wildman–Crippen LogP) is 1.34. The number of aromatic nitrogens is 2. The van der Waals surface area contributed by atoms with E-state index in [1.54, 1.807) is 6.92 Å². The highest BCUT2D eigenvalue weighted by molar-refractivity contribution is 5.94. The summed E-state index contributed by atoms with van der Waals surface area (Å²) < 4.78 is 0. The van der Waals surface area contributed by atoms with Gasteiger partial charge in [-0.1, -0.05) is 6.92 Å². The van der Waals surface area contributed by atoms with Gasteiger partial charge >= 0.3 is 5.97 Å². The standard InChI is InChI=1S/C12H19N3O3/c1-8(3-4-11(16)17)5-6-13-12(18)10-7-14-15-9(10)2/h7-8H,3-6H2,1-2H3,(H,13,18)(H,14,15)(H,16,17). The number of aliphatic carboxylic acids is 1. The number of rotatable bonds is 7. The van der Waals surface area contributed by atoms with Crippen LogP contribution in [0.15, 0.2) is 6.20 Å². The first-order chi connectivity index (χ1) is 8.50. The van der Waals surface area contributed by atoms with Crippen molar-refractivity contribution in [2.75, 3.05) is 6.54 Å². The highest BCUT2D eigenvalue weighted by atomic mass is 16.4. The van der Waals surface area contributed by atoms with E-state index < -0.39 is 5.97 Å². The molecule has 1 heterocycles. The molecule has 0 aliphatic heterocycles. The van der Waals surface area contributed by atoms with Crippen molar-refractivity contribution in [3.05, 3.63) is 17.5 Å². The first kappa shape index (κ1) is 14.2. The maximum Gasteiger partial charge on any atom is 0.303 e. The number of nitrogens with one attached hydrogen (secondary N) is 2. The van der Waals surface area contributed by atoms with Gasteiger partial charge in [0.1, 0.15) is 0 Å². The van der Waals surface area contributed by atoms with Crippen molar-refractivity contribution in [2.24, 2.45) is 5.92 Å². The summed E-state index contributed by atoms with van der Waals surface area (Å²) in [6.45, 7) is 4.32. The molecule has 1 unspecified atom stereocenters. The molecule has 0 radical (unpaired) electrons. The van der Waals surface area contributed by atoms with Gasteiger partial charge in [0.05, 0.1) is 11.8 Å². The van der Waals surface area contributed by atoms with Crippen molar-refractivity contribution in [3.8, 4) is 0 Å². The molecule has 6 heteroatoms. The molecule has 0 saturated carbocycles. The topological polar surface area (TPSA) is 95.1 Å². The maximum absolute atomic E-state index is 11.7. The molecule has 0 aliphatic rings. The summed E-state index contributed by atoms with van der Waals surface area (Å²) in [4.78, 5) is 22.1. The van der Waals surface area contributed by atoms with Crippen LogP contribution in [-0.4, -0.2) is 33.7 Å². The Morgan fingerprint density at radius 2 is 2.22 bits per heavy atom. The Kier molecular flexibility index (Phi) is 5.35. The van der Waals surface area contributed by atoms with Gasteiger partial charge < -0.3 is 10.4 Å². The molecule has 6 nitrogen and oxygen atoms in total. The van der Waals surface area contributed by atoms with E-state index in [4.69, 9.17) is 5.11 Å². The van der Waals surface area contributed by atoms with Gasteiger partial charge in [0.2, 0.25) is 0 Å². The zero-order chi connectivity index (χ0) is 13.5. The largest absolute Gasteiger partial charge is 0.481 e. The lowest BCUT2D eigenvalue weighted by molar-refractivity contribution is -0.137. The minimum atomic E-state index is -0.778. The molecule has 1 amide bonds. The molecule has 3 N–H and O–H groups in total. The smallest absolute Gasteiger partial charge is 0.303 e. The Labute approximate surface area is 106 Å². The number of carbonyl (C=O) groups is 2. The number of hydrogen-bond donors (Lipinski definition) is 3. The van der Waals surface area contributed by atoms with Crippen molar-refractivity contribution in [1.29, 1.82) is 0 Å². The van der Waals surface area contributed by atoms with E-state index in [-0.39, 0.29) is 18.2 Å². The van der Waals surface area contributed by atoms with Crippen LogP contribution in [0.5, 0.6) is 0 Å². The molecule has 0 aliphatic carbocycles. The number of aryl methyl sites for hydroxylation is 1. The van der Waals surface area contributed by atoms with Gasteiger partial charge in [-0.3, -0.25) is 14.7 Å². The first-order valence-electron chi connectivity index (χ1n) is 6.00. The Hall–Kier alpha value is -1.85. The molecular formula is C12H19N3O3. The SMILES string of the molecule is Cc1[nH]ncc1C(=O)NCCC(C)CCC(=O)O. The Morgan fingerprint density at radius 1 is 1.50 bits per heavy atom. The van der Waals surface area contributed by atoms with E-state index >= 15 is 0 Å². The molecule has 0 aromatic carbocycles. The van der Waals surface area contributed by atoms with E-state index in [1.165, 1.54) is 6.20 Å². The van der Waals surface area contributed by atoms with Crippen LogP contribution in [0.3, 0.4) is 0 Å². The molecular weight excluding hydrogens is 234 g/mol. The summed E-state index contributed by atoms with van der Waals surface area (Å²) in [6, 6.07) is 0. The second-order valence-corrected chi connectivity index (χ2v) is 4.49. The average molecular weight is 253 g/mol. The van der Waals surface area contributed by atoms with E-state index in [1.807, 2.05) is 6.92 Å². The normalized spacial score (nSPS) is 12.1. The van der Waals surface area contributed by atoms with Gasteiger partial charge in [-0.2, -0.15) is 5.10 Å². The Balaban J connectivity index is 2.24. The van der Waals surface area contributed by atoms with Crippen LogP contribution in [0.25, 0.3) is 0 Å². The van der Waals surface area contributed by atoms with Gasteiger partial charge in [0, 0.05) is 18.7 Å². The fourth-order valence-electron chi connectivity index (χ4n) is 1.62. The van der Waals surface area contributed by atoms with Crippen molar-refractivity contribution in [3.63, 3.8) is 0 Å². The molecule has 1 aromatic rings. The molecule has 18 heavy (non-hydrogen) atoms. The molecule has 0 bridgehead atoms. The van der Waals surface area contributed by atoms with Crippen LogP contribution >= 0.6 is 0 Å². The monoisotopic (exact) mass is 253 g/mol. The number of aromatic amines is 1. The van der Waals surface area contributed by atoms with Crippen molar-refractivity contribution < 1.29 is 14.7 Å². The molecule has 0 spiro atoms. The van der Waals surface area contributed by atoms with Crippen molar-refractivity contribution in [2.45, 2.75) is 33.1 Å². The molecule has 1 rings (SSSR count). The maximum atomic E-state index is 11.7. The number of H-pyrrole nitrogens is 1. The lowest BCUT2D eigenvalue weighted by Gasteiger charge is -2.10. The van der Waals surface area contributed by atoms with Crippen LogP contribution in [0.2, 0.25) is 0 Å². The summed E-state index contributed by atoms with van der Waals surface area (Å²) in [7, 11) is 0. The van der Waals surface area contributed by atoms with Gasteiger partial charge in [-0.05, 0) is 25.7 Å². The second-order valence-electron chi connectivity index (χ2n) is 4.49. The number of hydrogen-bond acceptors (Lipinski definition) is 3. The number of carboxylic acid groups (broad SMARTS) is 1. The van der Waals surface area contributed by atoms with E-state index in [9.17, 15) is 9.59 Å². The summed E-state index contributed by atoms with van der Waals surface area (Å²) in [5, 5.41) is 17.8. The predicted molar refractivity (Wildman–Crippen MR) is 66.3 cm³/mol. The van der Waals surface area contributed by atoms with Gasteiger partial charge in [0.15, 0.2) is 0 Å². The second kappa shape index (κ2) is 6.78.